The van der Waals surface area contributed by atoms with Crippen LogP contribution < -0.4 is 5.32 Å². The van der Waals surface area contributed by atoms with E-state index in [1.54, 1.807) is 0 Å². The highest BCUT2D eigenvalue weighted by molar-refractivity contribution is 9.10. The van der Waals surface area contributed by atoms with Gasteiger partial charge in [-0.25, -0.2) is 9.97 Å². The number of anilines is 1. The normalized spacial score (nSPS) is 11.1. The van der Waals surface area contributed by atoms with Gasteiger partial charge in [-0.05, 0) is 43.6 Å². The first kappa shape index (κ1) is 11.6. The molecule has 3 nitrogen and oxygen atoms in total. The minimum atomic E-state index is 0.262. The number of hydrogen-bond donors (Lipinski definition) is 1. The van der Waals surface area contributed by atoms with Gasteiger partial charge in [0.15, 0.2) is 0 Å². The van der Waals surface area contributed by atoms with Crippen LogP contribution in [0.4, 0.5) is 5.82 Å². The van der Waals surface area contributed by atoms with Crippen LogP contribution in [0.1, 0.15) is 13.8 Å². The van der Waals surface area contributed by atoms with E-state index in [2.05, 4.69) is 45.1 Å². The number of benzene rings is 1. The summed E-state index contributed by atoms with van der Waals surface area (Å²) in [4.78, 5) is 8.38. The maximum absolute atomic E-state index is 5.87. The van der Waals surface area contributed by atoms with Crippen molar-refractivity contribution in [1.29, 1.82) is 0 Å². The van der Waals surface area contributed by atoms with E-state index in [-0.39, 0.29) is 5.28 Å². The highest BCUT2D eigenvalue weighted by Crippen LogP contribution is 2.25. The Bertz CT molecular complexity index is 528. The van der Waals surface area contributed by atoms with Crippen LogP contribution in [0.5, 0.6) is 0 Å². The van der Waals surface area contributed by atoms with Gasteiger partial charge < -0.3 is 5.32 Å². The van der Waals surface area contributed by atoms with Crippen molar-refractivity contribution in [3.05, 3.63) is 28.0 Å². The fourth-order valence-corrected chi connectivity index (χ4v) is 1.99. The predicted octanol–water partition coefficient (Wildman–Crippen LogP) is 3.87. The molecule has 0 unspecified atom stereocenters. The molecule has 0 amide bonds. The lowest BCUT2D eigenvalue weighted by Gasteiger charge is -2.11. The lowest BCUT2D eigenvalue weighted by molar-refractivity contribution is 0.890. The van der Waals surface area contributed by atoms with Crippen LogP contribution in [0.25, 0.3) is 10.9 Å². The zero-order valence-electron chi connectivity index (χ0n) is 8.96. The van der Waals surface area contributed by atoms with Gasteiger partial charge in [0.1, 0.15) is 5.82 Å². The van der Waals surface area contributed by atoms with Gasteiger partial charge in [0.2, 0.25) is 5.28 Å². The Labute approximate surface area is 107 Å². The molecule has 0 radical (unpaired) electrons. The summed E-state index contributed by atoms with van der Waals surface area (Å²) in [5, 5.41) is 4.49. The van der Waals surface area contributed by atoms with E-state index in [4.69, 9.17) is 11.6 Å². The molecule has 16 heavy (non-hydrogen) atoms. The minimum absolute atomic E-state index is 0.262. The average molecular weight is 301 g/mol. The zero-order chi connectivity index (χ0) is 11.7. The summed E-state index contributed by atoms with van der Waals surface area (Å²) in [6.07, 6.45) is 0. The fourth-order valence-electron chi connectivity index (χ4n) is 1.46. The predicted molar refractivity (Wildman–Crippen MR) is 71.0 cm³/mol. The Morgan fingerprint density at radius 3 is 2.75 bits per heavy atom. The molecule has 0 bridgehead atoms. The van der Waals surface area contributed by atoms with Gasteiger partial charge in [-0.1, -0.05) is 15.9 Å². The minimum Gasteiger partial charge on any atom is -0.367 e. The van der Waals surface area contributed by atoms with Crippen LogP contribution in [0.3, 0.4) is 0 Å². The third-order valence-corrected chi connectivity index (χ3v) is 2.72. The summed E-state index contributed by atoms with van der Waals surface area (Å²) in [6, 6.07) is 6.13. The average Bonchev–Trinajstić information content (AvgIpc) is 2.18. The summed E-state index contributed by atoms with van der Waals surface area (Å²) in [7, 11) is 0. The topological polar surface area (TPSA) is 37.8 Å². The number of nitrogens with one attached hydrogen (secondary N) is 1. The lowest BCUT2D eigenvalue weighted by atomic mass is 10.2. The van der Waals surface area contributed by atoms with Crippen molar-refractivity contribution in [2.45, 2.75) is 19.9 Å². The van der Waals surface area contributed by atoms with Gasteiger partial charge >= 0.3 is 0 Å². The molecule has 1 N–H and O–H groups in total. The van der Waals surface area contributed by atoms with Crippen LogP contribution in [0.2, 0.25) is 5.28 Å². The van der Waals surface area contributed by atoms with Crippen LogP contribution in [0, 0.1) is 0 Å². The standard InChI is InChI=1S/C11H11BrClN3/c1-6(2)14-10-8-5-7(12)3-4-9(8)15-11(13)16-10/h3-6H,1-2H3,(H,14,15,16). The molecule has 0 saturated heterocycles. The molecule has 0 aliphatic carbocycles. The smallest absolute Gasteiger partial charge is 0.224 e. The van der Waals surface area contributed by atoms with Crippen molar-refractivity contribution in [2.75, 3.05) is 5.32 Å². The molecule has 1 aromatic heterocycles. The first-order valence-corrected chi connectivity index (χ1v) is 6.12. The number of fused-ring (bicyclic) bond motifs is 1. The Kier molecular flexibility index (Phi) is 3.30. The molecule has 0 fully saturated rings. The SMILES string of the molecule is CC(C)Nc1nc(Cl)nc2ccc(Br)cc12. The number of halogens is 2. The molecule has 1 heterocycles. The number of hydrogen-bond acceptors (Lipinski definition) is 3. The number of rotatable bonds is 2. The van der Waals surface area contributed by atoms with Crippen LogP contribution in [-0.4, -0.2) is 16.0 Å². The van der Waals surface area contributed by atoms with Gasteiger partial charge in [-0.3, -0.25) is 0 Å². The fraction of sp³-hybridized carbons (Fsp3) is 0.273. The van der Waals surface area contributed by atoms with E-state index < -0.39 is 0 Å². The van der Waals surface area contributed by atoms with E-state index >= 15 is 0 Å². The molecule has 0 aliphatic rings. The Balaban J connectivity index is 2.64. The number of aromatic nitrogens is 2. The summed E-state index contributed by atoms with van der Waals surface area (Å²) in [5.74, 6) is 0.770. The molecule has 5 heteroatoms. The van der Waals surface area contributed by atoms with Crippen molar-refractivity contribution in [1.82, 2.24) is 9.97 Å². The van der Waals surface area contributed by atoms with E-state index in [9.17, 15) is 0 Å². The van der Waals surface area contributed by atoms with E-state index in [0.29, 0.717) is 6.04 Å². The van der Waals surface area contributed by atoms with Gasteiger partial charge in [-0.15, -0.1) is 0 Å². The lowest BCUT2D eigenvalue weighted by Crippen LogP contribution is -2.11. The summed E-state index contributed by atoms with van der Waals surface area (Å²) in [6.45, 7) is 4.11. The molecule has 2 rings (SSSR count). The maximum atomic E-state index is 5.87. The van der Waals surface area contributed by atoms with Crippen molar-refractivity contribution >= 4 is 44.3 Å². The molecule has 1 aromatic carbocycles. The third kappa shape index (κ3) is 2.44. The van der Waals surface area contributed by atoms with E-state index in [1.807, 2.05) is 18.2 Å². The molecular weight excluding hydrogens is 289 g/mol. The first-order valence-electron chi connectivity index (χ1n) is 4.95. The largest absolute Gasteiger partial charge is 0.367 e. The third-order valence-electron chi connectivity index (χ3n) is 2.06. The summed E-state index contributed by atoms with van der Waals surface area (Å²) >= 11 is 9.31. The second kappa shape index (κ2) is 4.55. The second-order valence-electron chi connectivity index (χ2n) is 3.80. The molecule has 0 aliphatic heterocycles. The summed E-state index contributed by atoms with van der Waals surface area (Å²) in [5.41, 5.74) is 0.839. The first-order chi connectivity index (χ1) is 7.56. The number of nitrogens with zero attached hydrogens (tertiary/aromatic N) is 2. The van der Waals surface area contributed by atoms with Gasteiger partial charge in [0, 0.05) is 15.9 Å². The molecule has 2 aromatic rings. The molecule has 0 spiro atoms. The van der Waals surface area contributed by atoms with Crippen molar-refractivity contribution in [3.8, 4) is 0 Å². The van der Waals surface area contributed by atoms with Crippen molar-refractivity contribution in [3.63, 3.8) is 0 Å². The quantitative estimate of drug-likeness (QED) is 0.856. The second-order valence-corrected chi connectivity index (χ2v) is 5.06. The van der Waals surface area contributed by atoms with E-state index in [1.165, 1.54) is 0 Å². The van der Waals surface area contributed by atoms with Crippen LogP contribution in [0.15, 0.2) is 22.7 Å². The Hall–Kier alpha value is -0.870. The zero-order valence-corrected chi connectivity index (χ0v) is 11.3. The van der Waals surface area contributed by atoms with Crippen LogP contribution >= 0.6 is 27.5 Å². The van der Waals surface area contributed by atoms with Gasteiger partial charge in [0.25, 0.3) is 0 Å². The van der Waals surface area contributed by atoms with Crippen LogP contribution in [-0.2, 0) is 0 Å². The highest BCUT2D eigenvalue weighted by Gasteiger charge is 2.07. The molecule has 0 saturated carbocycles. The molecule has 84 valence electrons. The highest BCUT2D eigenvalue weighted by atomic mass is 79.9. The molecular formula is C11H11BrClN3. The van der Waals surface area contributed by atoms with Gasteiger partial charge in [-0.2, -0.15) is 0 Å². The van der Waals surface area contributed by atoms with Crippen molar-refractivity contribution < 1.29 is 0 Å². The Morgan fingerprint density at radius 2 is 2.06 bits per heavy atom. The van der Waals surface area contributed by atoms with E-state index in [0.717, 1.165) is 21.2 Å². The van der Waals surface area contributed by atoms with Gasteiger partial charge in [0.05, 0.1) is 5.52 Å². The monoisotopic (exact) mass is 299 g/mol. The summed E-state index contributed by atoms with van der Waals surface area (Å²) < 4.78 is 0.998. The van der Waals surface area contributed by atoms with Crippen molar-refractivity contribution in [2.24, 2.45) is 0 Å². The molecule has 0 atom stereocenters. The maximum Gasteiger partial charge on any atom is 0.224 e. The Morgan fingerprint density at radius 1 is 1.31 bits per heavy atom.